The molecule has 1 aliphatic carbocycles. The molecule has 1 aromatic heterocycles. The maximum Gasteiger partial charge on any atom is 0.272 e. The molecule has 1 unspecified atom stereocenters. The highest BCUT2D eigenvalue weighted by Gasteiger charge is 2.26. The third kappa shape index (κ3) is 3.15. The van der Waals surface area contributed by atoms with E-state index >= 15 is 0 Å². The molecule has 3 rings (SSSR count). The molecule has 2 aromatic rings. The van der Waals surface area contributed by atoms with Crippen molar-refractivity contribution >= 4 is 5.91 Å². The number of carbonyl (C=O) groups excluding carboxylic acids is 1. The van der Waals surface area contributed by atoms with E-state index in [1.54, 1.807) is 0 Å². The maximum absolute atomic E-state index is 12.5. The lowest BCUT2D eigenvalue weighted by Crippen LogP contribution is -2.32. The molecule has 23 heavy (non-hydrogen) atoms. The van der Waals surface area contributed by atoms with Crippen LogP contribution in [0.4, 0.5) is 0 Å². The zero-order chi connectivity index (χ0) is 16.4. The van der Waals surface area contributed by atoms with Gasteiger partial charge >= 0.3 is 0 Å². The Morgan fingerprint density at radius 3 is 2.78 bits per heavy atom. The van der Waals surface area contributed by atoms with Crippen LogP contribution in [0.15, 0.2) is 24.3 Å². The number of hydrogen-bond donors (Lipinski definition) is 2. The molecular weight excluding hydrogens is 288 g/mol. The summed E-state index contributed by atoms with van der Waals surface area (Å²) in [5, 5.41) is 7.57. The number of benzene rings is 1. The highest BCUT2D eigenvalue weighted by atomic mass is 16.1. The molecule has 122 valence electrons. The molecule has 0 saturated heterocycles. The predicted octanol–water partition coefficient (Wildman–Crippen LogP) is 1.99. The Morgan fingerprint density at radius 2 is 2.09 bits per heavy atom. The zero-order valence-electron chi connectivity index (χ0n) is 13.8. The van der Waals surface area contributed by atoms with Crippen LogP contribution in [-0.2, 0) is 12.8 Å². The van der Waals surface area contributed by atoms with E-state index < -0.39 is 0 Å². The Hall–Kier alpha value is -2.14. The summed E-state index contributed by atoms with van der Waals surface area (Å²) in [6, 6.07) is 8.25. The SMILES string of the molecule is Cc1ccc(-n2nc(C(=O)NCC(C)CN)c3c2CCC3)cc1. The van der Waals surface area contributed by atoms with Gasteiger partial charge in [-0.1, -0.05) is 24.6 Å². The van der Waals surface area contributed by atoms with E-state index in [-0.39, 0.29) is 11.8 Å². The van der Waals surface area contributed by atoms with E-state index in [0.29, 0.717) is 18.8 Å². The van der Waals surface area contributed by atoms with Crippen LogP contribution in [0.25, 0.3) is 5.69 Å². The molecule has 0 bridgehead atoms. The Morgan fingerprint density at radius 1 is 1.35 bits per heavy atom. The van der Waals surface area contributed by atoms with Crippen molar-refractivity contribution in [2.45, 2.75) is 33.1 Å². The van der Waals surface area contributed by atoms with Gasteiger partial charge in [0.15, 0.2) is 5.69 Å². The fraction of sp³-hybridized carbons (Fsp3) is 0.444. The van der Waals surface area contributed by atoms with Crippen LogP contribution < -0.4 is 11.1 Å². The molecule has 1 atom stereocenters. The summed E-state index contributed by atoms with van der Waals surface area (Å²) in [4.78, 5) is 12.5. The first-order valence-electron chi connectivity index (χ1n) is 8.26. The molecule has 0 radical (unpaired) electrons. The Kier molecular flexibility index (Phi) is 4.48. The van der Waals surface area contributed by atoms with Gasteiger partial charge in [-0.2, -0.15) is 5.10 Å². The normalized spacial score (nSPS) is 14.6. The Bertz CT molecular complexity index is 703. The van der Waals surface area contributed by atoms with Gasteiger partial charge in [0.05, 0.1) is 5.69 Å². The smallest absolute Gasteiger partial charge is 0.272 e. The maximum atomic E-state index is 12.5. The summed E-state index contributed by atoms with van der Waals surface area (Å²) < 4.78 is 1.93. The lowest BCUT2D eigenvalue weighted by Gasteiger charge is -2.09. The fourth-order valence-electron chi connectivity index (χ4n) is 2.95. The highest BCUT2D eigenvalue weighted by molar-refractivity contribution is 5.94. The van der Waals surface area contributed by atoms with Gasteiger partial charge in [0.1, 0.15) is 0 Å². The van der Waals surface area contributed by atoms with Gasteiger partial charge in [0.25, 0.3) is 5.91 Å². The number of nitrogens with one attached hydrogen (secondary N) is 1. The van der Waals surface area contributed by atoms with Crippen molar-refractivity contribution in [3.8, 4) is 5.69 Å². The number of rotatable bonds is 5. The highest BCUT2D eigenvalue weighted by Crippen LogP contribution is 2.27. The lowest BCUT2D eigenvalue weighted by molar-refractivity contribution is 0.0942. The van der Waals surface area contributed by atoms with Crippen molar-refractivity contribution in [3.05, 3.63) is 46.8 Å². The minimum Gasteiger partial charge on any atom is -0.350 e. The minimum absolute atomic E-state index is 0.0886. The van der Waals surface area contributed by atoms with E-state index in [0.717, 1.165) is 30.5 Å². The fourth-order valence-corrected chi connectivity index (χ4v) is 2.95. The average molecular weight is 312 g/mol. The van der Waals surface area contributed by atoms with Crippen molar-refractivity contribution in [1.82, 2.24) is 15.1 Å². The molecule has 1 heterocycles. The third-order valence-corrected chi connectivity index (χ3v) is 4.44. The summed E-state index contributed by atoms with van der Waals surface area (Å²) >= 11 is 0. The van der Waals surface area contributed by atoms with Gasteiger partial charge in [-0.15, -0.1) is 0 Å². The van der Waals surface area contributed by atoms with Crippen LogP contribution in [0.5, 0.6) is 0 Å². The van der Waals surface area contributed by atoms with Gasteiger partial charge in [-0.3, -0.25) is 4.79 Å². The molecule has 1 aliphatic rings. The standard InChI is InChI=1S/C18H24N4O/c1-12-6-8-14(9-7-12)22-16-5-3-4-15(16)17(21-22)18(23)20-11-13(2)10-19/h6-9,13H,3-5,10-11,19H2,1-2H3,(H,20,23). The largest absolute Gasteiger partial charge is 0.350 e. The number of fused-ring (bicyclic) bond motifs is 1. The number of hydrogen-bond acceptors (Lipinski definition) is 3. The molecule has 0 saturated carbocycles. The number of nitrogens with zero attached hydrogens (tertiary/aromatic N) is 2. The lowest BCUT2D eigenvalue weighted by atomic mass is 10.1. The topological polar surface area (TPSA) is 72.9 Å². The van der Waals surface area contributed by atoms with Crippen molar-refractivity contribution < 1.29 is 4.79 Å². The van der Waals surface area contributed by atoms with Crippen LogP contribution in [0.1, 0.15) is 40.7 Å². The van der Waals surface area contributed by atoms with Crippen LogP contribution >= 0.6 is 0 Å². The molecule has 0 fully saturated rings. The number of aryl methyl sites for hydroxylation is 1. The number of amides is 1. The average Bonchev–Trinajstić information content (AvgIpc) is 3.15. The van der Waals surface area contributed by atoms with Gasteiger partial charge in [0, 0.05) is 17.8 Å². The molecule has 0 spiro atoms. The summed E-state index contributed by atoms with van der Waals surface area (Å²) in [6.07, 6.45) is 2.98. The molecule has 1 aromatic carbocycles. The number of aromatic nitrogens is 2. The summed E-state index contributed by atoms with van der Waals surface area (Å²) in [5.41, 5.74) is 10.7. The van der Waals surface area contributed by atoms with Crippen LogP contribution in [0.3, 0.4) is 0 Å². The molecule has 5 nitrogen and oxygen atoms in total. The Balaban J connectivity index is 1.89. The van der Waals surface area contributed by atoms with E-state index in [2.05, 4.69) is 41.6 Å². The molecular formula is C18H24N4O. The van der Waals surface area contributed by atoms with Crippen LogP contribution in [-0.4, -0.2) is 28.8 Å². The monoisotopic (exact) mass is 312 g/mol. The van der Waals surface area contributed by atoms with E-state index in [9.17, 15) is 4.79 Å². The molecule has 3 N–H and O–H groups in total. The van der Waals surface area contributed by atoms with Crippen LogP contribution in [0.2, 0.25) is 0 Å². The first-order chi connectivity index (χ1) is 11.1. The van der Waals surface area contributed by atoms with Gasteiger partial charge in [-0.05, 0) is 50.8 Å². The van der Waals surface area contributed by atoms with Crippen molar-refractivity contribution in [2.75, 3.05) is 13.1 Å². The summed E-state index contributed by atoms with van der Waals surface area (Å²) in [6.45, 7) is 5.24. The van der Waals surface area contributed by atoms with Crippen molar-refractivity contribution in [3.63, 3.8) is 0 Å². The first-order valence-corrected chi connectivity index (χ1v) is 8.26. The van der Waals surface area contributed by atoms with Crippen molar-refractivity contribution in [1.29, 1.82) is 0 Å². The first kappa shape index (κ1) is 15.7. The van der Waals surface area contributed by atoms with Crippen molar-refractivity contribution in [2.24, 2.45) is 11.7 Å². The molecule has 1 amide bonds. The molecule has 0 aliphatic heterocycles. The van der Waals surface area contributed by atoms with E-state index in [1.165, 1.54) is 11.3 Å². The van der Waals surface area contributed by atoms with Gasteiger partial charge < -0.3 is 11.1 Å². The van der Waals surface area contributed by atoms with E-state index in [1.807, 2.05) is 11.6 Å². The minimum atomic E-state index is -0.0886. The quantitative estimate of drug-likeness (QED) is 0.887. The predicted molar refractivity (Wildman–Crippen MR) is 90.9 cm³/mol. The second kappa shape index (κ2) is 6.54. The summed E-state index contributed by atoms with van der Waals surface area (Å²) in [7, 11) is 0. The zero-order valence-corrected chi connectivity index (χ0v) is 13.8. The van der Waals surface area contributed by atoms with Gasteiger partial charge in [-0.25, -0.2) is 4.68 Å². The number of nitrogens with two attached hydrogens (primary N) is 1. The van der Waals surface area contributed by atoms with Crippen LogP contribution in [0, 0.1) is 12.8 Å². The molecule has 5 heteroatoms. The Labute approximate surface area is 136 Å². The number of carbonyl (C=O) groups is 1. The second-order valence-corrected chi connectivity index (χ2v) is 6.43. The summed E-state index contributed by atoms with van der Waals surface area (Å²) in [5.74, 6) is 0.181. The van der Waals surface area contributed by atoms with Gasteiger partial charge in [0.2, 0.25) is 0 Å². The third-order valence-electron chi connectivity index (χ3n) is 4.44. The second-order valence-electron chi connectivity index (χ2n) is 6.43. The van der Waals surface area contributed by atoms with E-state index in [4.69, 9.17) is 5.73 Å².